The van der Waals surface area contributed by atoms with Crippen LogP contribution in [0.1, 0.15) is 18.5 Å². The Kier molecular flexibility index (Phi) is 4.93. The fraction of sp³-hybridized carbons (Fsp3) is 0.273. The van der Waals surface area contributed by atoms with Crippen LogP contribution in [0.15, 0.2) is 48.9 Å². The largest absolute Gasteiger partial charge is 0.356 e. The minimum atomic E-state index is -0.886. The predicted molar refractivity (Wildman–Crippen MR) is 114 cm³/mol. The van der Waals surface area contributed by atoms with E-state index in [4.69, 9.17) is 0 Å². The van der Waals surface area contributed by atoms with Crippen LogP contribution in [0.5, 0.6) is 0 Å². The molecule has 1 fully saturated rings. The average Bonchev–Trinajstić information content (AvgIpc) is 3.19. The van der Waals surface area contributed by atoms with Crippen LogP contribution in [-0.2, 0) is 0 Å². The third-order valence-corrected chi connectivity index (χ3v) is 5.53. The molecule has 0 bridgehead atoms. The molecule has 5 rings (SSSR count). The minimum Gasteiger partial charge on any atom is -0.356 e. The number of piperidine rings is 1. The Morgan fingerprint density at radius 1 is 1.03 bits per heavy atom. The molecule has 4 heterocycles. The molecule has 0 aliphatic carbocycles. The van der Waals surface area contributed by atoms with Crippen molar-refractivity contribution in [3.05, 3.63) is 66.3 Å². The molecule has 0 spiro atoms. The molecule has 0 saturated carbocycles. The Balaban J connectivity index is 1.32. The van der Waals surface area contributed by atoms with Crippen LogP contribution >= 0.6 is 0 Å². The summed E-state index contributed by atoms with van der Waals surface area (Å²) in [6.07, 6.45) is 5.24. The zero-order valence-electron chi connectivity index (χ0n) is 17.0. The van der Waals surface area contributed by atoms with Crippen LogP contribution in [0.4, 0.5) is 20.5 Å². The quantitative estimate of drug-likeness (QED) is 0.540. The summed E-state index contributed by atoms with van der Waals surface area (Å²) in [5.41, 5.74) is 2.79. The smallest absolute Gasteiger partial charge is 0.243 e. The van der Waals surface area contributed by atoms with Crippen LogP contribution < -0.4 is 10.2 Å². The molecule has 0 atom stereocenters. The summed E-state index contributed by atoms with van der Waals surface area (Å²) in [7, 11) is 0. The van der Waals surface area contributed by atoms with Gasteiger partial charge in [-0.2, -0.15) is 4.98 Å². The van der Waals surface area contributed by atoms with E-state index in [-0.39, 0.29) is 6.04 Å². The standard InChI is InChI=1S/C22H21F2N7/c1-14-11-20(26-13-25-14)30-9-6-16(7-10-30)27-22-28-21-17(3-2-8-31(21)29-22)15-4-5-18(23)19(24)12-15/h2-5,8,11-13,16H,6-7,9-10H2,1H3,(H,27,29). The third-order valence-electron chi connectivity index (χ3n) is 5.53. The predicted octanol–water partition coefficient (Wildman–Crippen LogP) is 3.85. The van der Waals surface area contributed by atoms with Crippen molar-refractivity contribution >= 4 is 17.4 Å². The van der Waals surface area contributed by atoms with E-state index in [0.29, 0.717) is 22.7 Å². The maximum absolute atomic E-state index is 13.7. The highest BCUT2D eigenvalue weighted by molar-refractivity contribution is 5.77. The van der Waals surface area contributed by atoms with Gasteiger partial charge in [0.2, 0.25) is 5.95 Å². The normalized spacial score (nSPS) is 14.9. The molecule has 0 radical (unpaired) electrons. The van der Waals surface area contributed by atoms with Crippen molar-refractivity contribution < 1.29 is 8.78 Å². The number of hydrogen-bond donors (Lipinski definition) is 1. The molecule has 158 valence electrons. The molecule has 0 unspecified atom stereocenters. The number of hydrogen-bond acceptors (Lipinski definition) is 6. The lowest BCUT2D eigenvalue weighted by molar-refractivity contribution is 0.509. The van der Waals surface area contributed by atoms with Crippen molar-refractivity contribution in [1.29, 1.82) is 0 Å². The Morgan fingerprint density at radius 2 is 1.87 bits per heavy atom. The number of anilines is 2. The topological polar surface area (TPSA) is 71.2 Å². The molecule has 1 aliphatic rings. The van der Waals surface area contributed by atoms with Gasteiger partial charge in [0.05, 0.1) is 0 Å². The van der Waals surface area contributed by atoms with Crippen molar-refractivity contribution in [3.8, 4) is 11.1 Å². The van der Waals surface area contributed by atoms with Crippen LogP contribution in [0.3, 0.4) is 0 Å². The lowest BCUT2D eigenvalue weighted by Crippen LogP contribution is -2.39. The summed E-state index contributed by atoms with van der Waals surface area (Å²) >= 11 is 0. The zero-order chi connectivity index (χ0) is 21.4. The van der Waals surface area contributed by atoms with Crippen LogP contribution in [0.2, 0.25) is 0 Å². The maximum Gasteiger partial charge on any atom is 0.243 e. The van der Waals surface area contributed by atoms with E-state index >= 15 is 0 Å². The number of aromatic nitrogens is 5. The Labute approximate surface area is 177 Å². The summed E-state index contributed by atoms with van der Waals surface area (Å²) in [5, 5.41) is 7.93. The monoisotopic (exact) mass is 421 g/mol. The molecule has 0 amide bonds. The summed E-state index contributed by atoms with van der Waals surface area (Å²) in [6.45, 7) is 3.71. The molecule has 1 saturated heterocycles. The van der Waals surface area contributed by atoms with Gasteiger partial charge in [0.1, 0.15) is 12.1 Å². The second kappa shape index (κ2) is 7.90. The lowest BCUT2D eigenvalue weighted by atomic mass is 10.1. The van der Waals surface area contributed by atoms with Crippen molar-refractivity contribution in [2.45, 2.75) is 25.8 Å². The van der Waals surface area contributed by atoms with Crippen LogP contribution in [0.25, 0.3) is 16.8 Å². The summed E-state index contributed by atoms with van der Waals surface area (Å²) < 4.78 is 28.7. The van der Waals surface area contributed by atoms with E-state index in [1.807, 2.05) is 25.1 Å². The molecule has 1 N–H and O–H groups in total. The van der Waals surface area contributed by atoms with E-state index in [9.17, 15) is 8.78 Å². The van der Waals surface area contributed by atoms with Gasteiger partial charge in [-0.25, -0.2) is 23.3 Å². The van der Waals surface area contributed by atoms with Crippen molar-refractivity contribution in [3.63, 3.8) is 0 Å². The number of rotatable bonds is 4. The average molecular weight is 421 g/mol. The van der Waals surface area contributed by atoms with Gasteiger partial charge >= 0.3 is 0 Å². The fourth-order valence-electron chi connectivity index (χ4n) is 3.91. The number of aryl methyl sites for hydroxylation is 1. The number of halogens is 2. The van der Waals surface area contributed by atoms with Gasteiger partial charge < -0.3 is 10.2 Å². The minimum absolute atomic E-state index is 0.239. The van der Waals surface area contributed by atoms with Gasteiger partial charge in [0.15, 0.2) is 17.3 Å². The van der Waals surface area contributed by atoms with E-state index in [1.54, 1.807) is 23.1 Å². The van der Waals surface area contributed by atoms with Gasteiger partial charge in [-0.1, -0.05) is 6.07 Å². The van der Waals surface area contributed by atoms with Gasteiger partial charge in [0, 0.05) is 42.7 Å². The lowest BCUT2D eigenvalue weighted by Gasteiger charge is -2.32. The Morgan fingerprint density at radius 3 is 2.65 bits per heavy atom. The van der Waals surface area contributed by atoms with Gasteiger partial charge in [-0.05, 0) is 49.6 Å². The zero-order valence-corrected chi connectivity index (χ0v) is 17.0. The van der Waals surface area contributed by atoms with Gasteiger partial charge in [0.25, 0.3) is 0 Å². The van der Waals surface area contributed by atoms with E-state index < -0.39 is 11.6 Å². The number of nitrogens with one attached hydrogen (secondary N) is 1. The number of benzene rings is 1. The molecule has 1 aliphatic heterocycles. The highest BCUT2D eigenvalue weighted by atomic mass is 19.2. The van der Waals surface area contributed by atoms with Gasteiger partial charge in [-0.3, -0.25) is 0 Å². The SMILES string of the molecule is Cc1cc(N2CCC(Nc3nc4c(-c5ccc(F)c(F)c5)cccn4n3)CC2)ncn1. The third kappa shape index (κ3) is 3.90. The summed E-state index contributed by atoms with van der Waals surface area (Å²) in [5.74, 6) is -0.287. The van der Waals surface area contributed by atoms with Crippen molar-refractivity contribution in [2.24, 2.45) is 0 Å². The van der Waals surface area contributed by atoms with Crippen molar-refractivity contribution in [1.82, 2.24) is 24.6 Å². The van der Waals surface area contributed by atoms with E-state index in [0.717, 1.165) is 43.5 Å². The summed E-state index contributed by atoms with van der Waals surface area (Å²) in [4.78, 5) is 15.4. The molecule has 7 nitrogen and oxygen atoms in total. The fourth-order valence-corrected chi connectivity index (χ4v) is 3.91. The summed E-state index contributed by atoms with van der Waals surface area (Å²) in [6, 6.07) is 9.71. The van der Waals surface area contributed by atoms with Gasteiger partial charge in [-0.15, -0.1) is 5.10 Å². The maximum atomic E-state index is 13.7. The molecule has 3 aromatic heterocycles. The Hall–Kier alpha value is -3.62. The van der Waals surface area contributed by atoms with E-state index in [1.165, 1.54) is 6.07 Å². The highest BCUT2D eigenvalue weighted by Gasteiger charge is 2.22. The van der Waals surface area contributed by atoms with Crippen LogP contribution in [-0.4, -0.2) is 43.7 Å². The van der Waals surface area contributed by atoms with E-state index in [2.05, 4.69) is 30.3 Å². The second-order valence-corrected chi connectivity index (χ2v) is 7.68. The molecule has 31 heavy (non-hydrogen) atoms. The Bertz CT molecular complexity index is 1230. The molecular formula is C22H21F2N7. The highest BCUT2D eigenvalue weighted by Crippen LogP contribution is 2.26. The van der Waals surface area contributed by atoms with Crippen molar-refractivity contribution in [2.75, 3.05) is 23.3 Å². The molecule has 1 aromatic carbocycles. The molecule has 4 aromatic rings. The first-order valence-corrected chi connectivity index (χ1v) is 10.2. The number of fused-ring (bicyclic) bond motifs is 1. The first-order valence-electron chi connectivity index (χ1n) is 10.2. The first-order chi connectivity index (χ1) is 15.1. The molecule has 9 heteroatoms. The van der Waals surface area contributed by atoms with Crippen LogP contribution in [0, 0.1) is 18.6 Å². The number of nitrogens with zero attached hydrogens (tertiary/aromatic N) is 6. The first kappa shape index (κ1) is 19.3. The molecular weight excluding hydrogens is 400 g/mol. The second-order valence-electron chi connectivity index (χ2n) is 7.68. The number of pyridine rings is 1.